The number of benzene rings is 2. The molecule has 24 heavy (non-hydrogen) atoms. The molecular weight excluding hydrogens is 300 g/mol. The van der Waals surface area contributed by atoms with E-state index in [-0.39, 0.29) is 24.4 Å². The molecule has 2 heterocycles. The van der Waals surface area contributed by atoms with Crippen molar-refractivity contribution < 1.29 is 14.2 Å². The highest BCUT2D eigenvalue weighted by atomic mass is 16.7. The average Bonchev–Trinajstić information content (AvgIpc) is 3.31. The molecule has 0 bridgehead atoms. The van der Waals surface area contributed by atoms with Crippen molar-refractivity contribution in [2.24, 2.45) is 5.92 Å². The van der Waals surface area contributed by atoms with Gasteiger partial charge in [0, 0.05) is 5.92 Å². The summed E-state index contributed by atoms with van der Waals surface area (Å²) < 4.78 is 17.9. The van der Waals surface area contributed by atoms with Crippen LogP contribution in [0.4, 0.5) is 0 Å². The Morgan fingerprint density at radius 3 is 2.21 bits per heavy atom. The monoisotopic (exact) mass is 322 g/mol. The molecule has 0 radical (unpaired) electrons. The second-order valence-corrected chi connectivity index (χ2v) is 6.28. The van der Waals surface area contributed by atoms with Gasteiger partial charge in [-0.3, -0.25) is 0 Å². The largest absolute Gasteiger partial charge is 0.366 e. The Bertz CT molecular complexity index is 662. The lowest BCUT2D eigenvalue weighted by atomic mass is 9.95. The van der Waals surface area contributed by atoms with Crippen molar-refractivity contribution in [1.29, 1.82) is 0 Å². The highest BCUT2D eigenvalue weighted by molar-refractivity contribution is 5.49. The average molecular weight is 322 g/mol. The third kappa shape index (κ3) is 3.44. The summed E-state index contributed by atoms with van der Waals surface area (Å²) in [5, 5.41) is 0. The summed E-state index contributed by atoms with van der Waals surface area (Å²) in [5.74, 6) is 0.220. The minimum absolute atomic E-state index is 0.00138. The van der Waals surface area contributed by atoms with Crippen LogP contribution in [0, 0.1) is 5.92 Å². The molecule has 2 aliphatic rings. The summed E-state index contributed by atoms with van der Waals surface area (Å²) in [4.78, 5) is 0. The molecule has 124 valence electrons. The maximum Gasteiger partial charge on any atom is 0.163 e. The van der Waals surface area contributed by atoms with Crippen molar-refractivity contribution in [3.05, 3.63) is 77.9 Å². The van der Waals surface area contributed by atoms with Crippen molar-refractivity contribution >= 4 is 6.08 Å². The van der Waals surface area contributed by atoms with E-state index in [9.17, 15) is 0 Å². The van der Waals surface area contributed by atoms with Crippen LogP contribution >= 0.6 is 0 Å². The first-order valence-electron chi connectivity index (χ1n) is 8.57. The molecule has 0 unspecified atom stereocenters. The van der Waals surface area contributed by atoms with Gasteiger partial charge in [0.1, 0.15) is 0 Å². The smallest absolute Gasteiger partial charge is 0.163 e. The molecule has 0 N–H and O–H groups in total. The lowest BCUT2D eigenvalue weighted by Crippen LogP contribution is -2.27. The van der Waals surface area contributed by atoms with Crippen LogP contribution in [0.1, 0.15) is 23.7 Å². The van der Waals surface area contributed by atoms with Crippen molar-refractivity contribution in [1.82, 2.24) is 0 Å². The first-order valence-corrected chi connectivity index (χ1v) is 8.57. The summed E-state index contributed by atoms with van der Waals surface area (Å²) >= 11 is 0. The van der Waals surface area contributed by atoms with Gasteiger partial charge in [0.2, 0.25) is 0 Å². The van der Waals surface area contributed by atoms with Crippen LogP contribution in [-0.2, 0) is 14.2 Å². The summed E-state index contributed by atoms with van der Waals surface area (Å²) in [6.45, 7) is 1.35. The zero-order valence-corrected chi connectivity index (χ0v) is 13.6. The van der Waals surface area contributed by atoms with Crippen LogP contribution in [0.25, 0.3) is 6.08 Å². The summed E-state index contributed by atoms with van der Waals surface area (Å²) in [5.41, 5.74) is 2.40. The fourth-order valence-corrected chi connectivity index (χ4v) is 3.46. The van der Waals surface area contributed by atoms with Gasteiger partial charge in [-0.2, -0.15) is 0 Å². The maximum atomic E-state index is 6.35. The molecule has 3 heteroatoms. The molecule has 0 saturated carbocycles. The molecule has 2 aromatic rings. The van der Waals surface area contributed by atoms with Gasteiger partial charge < -0.3 is 14.2 Å². The number of hydrogen-bond donors (Lipinski definition) is 0. The molecule has 0 aliphatic carbocycles. The molecule has 2 aromatic carbocycles. The Balaban J connectivity index is 1.54. The van der Waals surface area contributed by atoms with Gasteiger partial charge in [0.15, 0.2) is 6.29 Å². The Morgan fingerprint density at radius 2 is 1.50 bits per heavy atom. The van der Waals surface area contributed by atoms with Crippen molar-refractivity contribution in [2.45, 2.75) is 24.9 Å². The zero-order valence-electron chi connectivity index (χ0n) is 13.6. The second kappa shape index (κ2) is 7.31. The Labute approximate surface area is 142 Å². The van der Waals surface area contributed by atoms with Gasteiger partial charge in [0.25, 0.3) is 0 Å². The number of rotatable bonds is 4. The van der Waals surface area contributed by atoms with E-state index in [0.29, 0.717) is 13.2 Å². The van der Waals surface area contributed by atoms with Crippen molar-refractivity contribution in [3.63, 3.8) is 0 Å². The van der Waals surface area contributed by atoms with Crippen LogP contribution in [0.15, 0.2) is 66.7 Å². The Hall–Kier alpha value is -1.94. The summed E-state index contributed by atoms with van der Waals surface area (Å²) in [6, 6.07) is 20.7. The van der Waals surface area contributed by atoms with Crippen molar-refractivity contribution in [3.8, 4) is 0 Å². The topological polar surface area (TPSA) is 27.7 Å². The third-order valence-electron chi connectivity index (χ3n) is 4.68. The van der Waals surface area contributed by atoms with Gasteiger partial charge in [-0.1, -0.05) is 72.8 Å². The third-order valence-corrected chi connectivity index (χ3v) is 4.68. The lowest BCUT2D eigenvalue weighted by molar-refractivity contribution is -0.0939. The van der Waals surface area contributed by atoms with E-state index in [1.807, 2.05) is 24.3 Å². The lowest BCUT2D eigenvalue weighted by Gasteiger charge is -2.20. The summed E-state index contributed by atoms with van der Waals surface area (Å²) in [7, 11) is 0. The molecule has 0 amide bonds. The first kappa shape index (κ1) is 15.6. The highest BCUT2D eigenvalue weighted by Crippen LogP contribution is 2.41. The number of hydrogen-bond acceptors (Lipinski definition) is 3. The zero-order chi connectivity index (χ0) is 16.2. The van der Waals surface area contributed by atoms with Crippen molar-refractivity contribution in [2.75, 3.05) is 13.2 Å². The quantitative estimate of drug-likeness (QED) is 0.843. The molecule has 3 atom stereocenters. The predicted octanol–water partition coefficient (Wildman–Crippen LogP) is 4.22. The van der Waals surface area contributed by atoms with Crippen LogP contribution < -0.4 is 0 Å². The van der Waals surface area contributed by atoms with Gasteiger partial charge in [-0.25, -0.2) is 0 Å². The Kier molecular flexibility index (Phi) is 4.74. The van der Waals surface area contributed by atoms with Crippen LogP contribution in [0.3, 0.4) is 0 Å². The predicted molar refractivity (Wildman–Crippen MR) is 93.3 cm³/mol. The molecule has 2 saturated heterocycles. The van der Waals surface area contributed by atoms with E-state index in [2.05, 4.69) is 48.6 Å². The molecule has 2 aliphatic heterocycles. The molecule has 4 rings (SSSR count). The minimum Gasteiger partial charge on any atom is -0.366 e. The molecular formula is C21H22O3. The molecule has 2 fully saturated rings. The van der Waals surface area contributed by atoms with Crippen LogP contribution in [0.2, 0.25) is 0 Å². The van der Waals surface area contributed by atoms with Gasteiger partial charge in [0.05, 0.1) is 25.4 Å². The number of ether oxygens (including phenoxy) is 3. The highest BCUT2D eigenvalue weighted by Gasteiger charge is 2.41. The van der Waals surface area contributed by atoms with Crippen LogP contribution in [-0.4, -0.2) is 25.6 Å². The SMILES string of the molecule is C(=C\[C@H]1O[C@H](c2ccccc2)C[C@@H]1C1OCCO1)/c1ccccc1. The fraction of sp³-hybridized carbons (Fsp3) is 0.333. The second-order valence-electron chi connectivity index (χ2n) is 6.28. The molecule has 0 spiro atoms. The maximum absolute atomic E-state index is 6.35. The van der Waals surface area contributed by atoms with Crippen LogP contribution in [0.5, 0.6) is 0 Å². The first-order chi connectivity index (χ1) is 11.9. The van der Waals surface area contributed by atoms with E-state index < -0.39 is 0 Å². The van der Waals surface area contributed by atoms with Gasteiger partial charge in [-0.15, -0.1) is 0 Å². The minimum atomic E-state index is -0.163. The van der Waals surface area contributed by atoms with Gasteiger partial charge >= 0.3 is 0 Å². The van der Waals surface area contributed by atoms with E-state index in [0.717, 1.165) is 6.42 Å². The standard InChI is InChI=1S/C21H22O3/c1-3-7-16(8-4-1)11-12-19-18(21-22-13-14-23-21)15-20(24-19)17-9-5-2-6-10-17/h1-12,18-21H,13-15H2/b12-11+/t18-,19+,20-/m0/s1. The van der Waals surface area contributed by atoms with E-state index in [1.54, 1.807) is 0 Å². The Morgan fingerprint density at radius 1 is 0.833 bits per heavy atom. The van der Waals surface area contributed by atoms with E-state index in [4.69, 9.17) is 14.2 Å². The molecule has 0 aromatic heterocycles. The normalized spacial score (nSPS) is 27.9. The molecule has 3 nitrogen and oxygen atoms in total. The van der Waals surface area contributed by atoms with Gasteiger partial charge in [-0.05, 0) is 17.5 Å². The van der Waals surface area contributed by atoms with E-state index >= 15 is 0 Å². The fourth-order valence-electron chi connectivity index (χ4n) is 3.46. The summed E-state index contributed by atoms with van der Waals surface area (Å²) in [6.07, 6.45) is 5.11. The van der Waals surface area contributed by atoms with E-state index in [1.165, 1.54) is 11.1 Å².